The van der Waals surface area contributed by atoms with Crippen LogP contribution in [0.25, 0.3) is 22.9 Å². The molecule has 0 aliphatic rings. The maximum absolute atomic E-state index is 2.19. The molecule has 0 heteroatoms. The molecule has 0 nitrogen and oxygen atoms in total. The van der Waals surface area contributed by atoms with E-state index in [-0.39, 0.29) is 0 Å². The summed E-state index contributed by atoms with van der Waals surface area (Å²) in [5.74, 6) is 0. The van der Waals surface area contributed by atoms with Gasteiger partial charge >= 0.3 is 0 Å². The first-order valence-corrected chi connectivity index (χ1v) is 7.56. The number of rotatable bonds is 2. The summed E-state index contributed by atoms with van der Waals surface area (Å²) in [6, 6.07) is 23.3. The number of aryl methyl sites for hydroxylation is 1. The smallest absolute Gasteiger partial charge is 0.0149 e. The Balaban J connectivity index is 0.000000774. The minimum Gasteiger partial charge on any atom is -0.0683 e. The molecule has 0 atom stereocenters. The zero-order valence-corrected chi connectivity index (χ0v) is 13.0. The van der Waals surface area contributed by atoms with E-state index in [0.29, 0.717) is 0 Å². The van der Waals surface area contributed by atoms with Crippen molar-refractivity contribution in [2.24, 2.45) is 0 Å². The Morgan fingerprint density at radius 1 is 0.667 bits per heavy atom. The van der Waals surface area contributed by atoms with Gasteiger partial charge in [0.15, 0.2) is 0 Å². The second-order valence-corrected chi connectivity index (χ2v) is 4.74. The first-order valence-electron chi connectivity index (χ1n) is 7.56. The van der Waals surface area contributed by atoms with Gasteiger partial charge in [0.05, 0.1) is 0 Å². The molecule has 0 aliphatic heterocycles. The summed E-state index contributed by atoms with van der Waals surface area (Å²) in [6.07, 6.45) is 4.36. The fourth-order valence-electron chi connectivity index (χ4n) is 2.37. The fourth-order valence-corrected chi connectivity index (χ4v) is 2.37. The van der Waals surface area contributed by atoms with Gasteiger partial charge in [-0.3, -0.25) is 0 Å². The van der Waals surface area contributed by atoms with Crippen molar-refractivity contribution in [3.63, 3.8) is 0 Å². The molecule has 0 amide bonds. The molecule has 0 aromatic heterocycles. The topological polar surface area (TPSA) is 0 Å². The van der Waals surface area contributed by atoms with Crippen molar-refractivity contribution in [3.8, 4) is 0 Å². The van der Waals surface area contributed by atoms with Crippen molar-refractivity contribution in [1.29, 1.82) is 0 Å². The summed E-state index contributed by atoms with van der Waals surface area (Å²) < 4.78 is 0. The third-order valence-electron chi connectivity index (χ3n) is 3.50. The zero-order chi connectivity index (χ0) is 15.1. The van der Waals surface area contributed by atoms with Gasteiger partial charge in [-0.2, -0.15) is 0 Å². The Hall–Kier alpha value is -2.34. The van der Waals surface area contributed by atoms with Crippen LogP contribution in [0.5, 0.6) is 0 Å². The van der Waals surface area contributed by atoms with Crippen LogP contribution < -0.4 is 0 Å². The van der Waals surface area contributed by atoms with Gasteiger partial charge in [0.2, 0.25) is 0 Å². The van der Waals surface area contributed by atoms with E-state index in [1.165, 1.54) is 27.5 Å². The molecule has 3 aromatic carbocycles. The summed E-state index contributed by atoms with van der Waals surface area (Å²) in [5.41, 5.74) is 3.85. The molecule has 0 radical (unpaired) electrons. The predicted molar refractivity (Wildman–Crippen MR) is 95.4 cm³/mol. The Kier molecular flexibility index (Phi) is 5.34. The van der Waals surface area contributed by atoms with E-state index < -0.39 is 0 Å². The summed E-state index contributed by atoms with van der Waals surface area (Å²) in [6.45, 7) is 6.19. The van der Waals surface area contributed by atoms with Crippen LogP contribution >= 0.6 is 0 Å². The number of benzene rings is 3. The predicted octanol–water partition coefficient (Wildman–Crippen LogP) is 6.34. The van der Waals surface area contributed by atoms with Crippen LogP contribution in [0.2, 0.25) is 0 Å². The summed E-state index contributed by atoms with van der Waals surface area (Å²) in [7, 11) is 0. The summed E-state index contributed by atoms with van der Waals surface area (Å²) in [4.78, 5) is 0. The van der Waals surface area contributed by atoms with Gasteiger partial charge in [0.25, 0.3) is 0 Å². The first-order chi connectivity index (χ1) is 10.3. The molecule has 0 aliphatic carbocycles. The van der Waals surface area contributed by atoms with Crippen LogP contribution in [0, 0.1) is 6.92 Å². The molecule has 0 N–H and O–H groups in total. The zero-order valence-electron chi connectivity index (χ0n) is 13.0. The van der Waals surface area contributed by atoms with Crippen molar-refractivity contribution in [1.82, 2.24) is 0 Å². The van der Waals surface area contributed by atoms with E-state index in [4.69, 9.17) is 0 Å². The second-order valence-electron chi connectivity index (χ2n) is 4.74. The average molecular weight is 274 g/mol. The Labute approximate surface area is 127 Å². The van der Waals surface area contributed by atoms with Gasteiger partial charge in [-0.1, -0.05) is 92.7 Å². The van der Waals surface area contributed by atoms with E-state index >= 15 is 0 Å². The Morgan fingerprint density at radius 3 is 2.10 bits per heavy atom. The third-order valence-corrected chi connectivity index (χ3v) is 3.50. The fraction of sp³-hybridized carbons (Fsp3) is 0.143. The van der Waals surface area contributed by atoms with Gasteiger partial charge in [0, 0.05) is 0 Å². The van der Waals surface area contributed by atoms with Crippen molar-refractivity contribution >= 4 is 22.9 Å². The van der Waals surface area contributed by atoms with Crippen molar-refractivity contribution in [2.75, 3.05) is 0 Å². The largest absolute Gasteiger partial charge is 0.0683 e. The highest BCUT2D eigenvalue weighted by molar-refractivity contribution is 5.89. The Bertz CT molecular complexity index is 721. The van der Waals surface area contributed by atoms with Gasteiger partial charge in [0.1, 0.15) is 0 Å². The van der Waals surface area contributed by atoms with Crippen LogP contribution in [-0.4, -0.2) is 0 Å². The first kappa shape index (κ1) is 15.1. The lowest BCUT2D eigenvalue weighted by Gasteiger charge is -2.05. The standard InChI is InChI=1S/C19H16.C2H6/c1-15-17(12-11-16-7-3-2-4-8-16)13-14-18-9-5-6-10-19(15)18;1-2/h2-14H,1H3;1-2H3/b12-11+;. The van der Waals surface area contributed by atoms with Crippen LogP contribution in [0.15, 0.2) is 66.7 Å². The lowest BCUT2D eigenvalue weighted by molar-refractivity contribution is 1.50. The van der Waals surface area contributed by atoms with Crippen LogP contribution in [0.3, 0.4) is 0 Å². The highest BCUT2D eigenvalue weighted by Gasteiger charge is 2.00. The third kappa shape index (κ3) is 3.61. The molecule has 0 heterocycles. The van der Waals surface area contributed by atoms with E-state index in [1.54, 1.807) is 0 Å². The molecule has 3 rings (SSSR count). The molecule has 106 valence electrons. The monoisotopic (exact) mass is 274 g/mol. The SMILES string of the molecule is CC.Cc1c(/C=C/c2ccccc2)ccc2ccccc12. The molecule has 0 saturated carbocycles. The molecule has 0 bridgehead atoms. The molecule has 0 spiro atoms. The number of hydrogen-bond donors (Lipinski definition) is 0. The lowest BCUT2D eigenvalue weighted by Crippen LogP contribution is -1.83. The van der Waals surface area contributed by atoms with Crippen LogP contribution in [0.4, 0.5) is 0 Å². The summed E-state index contributed by atoms with van der Waals surface area (Å²) in [5, 5.41) is 2.63. The van der Waals surface area contributed by atoms with Gasteiger partial charge in [-0.25, -0.2) is 0 Å². The maximum atomic E-state index is 2.19. The molecule has 0 unspecified atom stereocenters. The Morgan fingerprint density at radius 2 is 1.33 bits per heavy atom. The van der Waals surface area contributed by atoms with E-state index in [0.717, 1.165) is 0 Å². The molecule has 0 fully saturated rings. The molecular weight excluding hydrogens is 252 g/mol. The van der Waals surface area contributed by atoms with E-state index in [1.807, 2.05) is 19.9 Å². The van der Waals surface area contributed by atoms with E-state index in [9.17, 15) is 0 Å². The van der Waals surface area contributed by atoms with Crippen LogP contribution in [0.1, 0.15) is 30.5 Å². The minimum atomic E-state index is 1.23. The highest BCUT2D eigenvalue weighted by atomic mass is 14.0. The van der Waals surface area contributed by atoms with Gasteiger partial charge < -0.3 is 0 Å². The molecule has 0 saturated heterocycles. The van der Waals surface area contributed by atoms with E-state index in [2.05, 4.69) is 79.7 Å². The molecule has 3 aromatic rings. The normalized spacial score (nSPS) is 10.4. The van der Waals surface area contributed by atoms with Gasteiger partial charge in [-0.15, -0.1) is 0 Å². The number of fused-ring (bicyclic) bond motifs is 1. The number of hydrogen-bond acceptors (Lipinski definition) is 0. The molecule has 21 heavy (non-hydrogen) atoms. The van der Waals surface area contributed by atoms with Crippen molar-refractivity contribution in [2.45, 2.75) is 20.8 Å². The average Bonchev–Trinajstić information content (AvgIpc) is 2.57. The molecular formula is C21H22. The van der Waals surface area contributed by atoms with Gasteiger partial charge in [-0.05, 0) is 34.4 Å². The quantitative estimate of drug-likeness (QED) is 0.478. The minimum absolute atomic E-state index is 1.23. The lowest BCUT2D eigenvalue weighted by atomic mass is 9.99. The van der Waals surface area contributed by atoms with Crippen molar-refractivity contribution < 1.29 is 0 Å². The van der Waals surface area contributed by atoms with Crippen molar-refractivity contribution in [3.05, 3.63) is 83.4 Å². The maximum Gasteiger partial charge on any atom is -0.0149 e. The van der Waals surface area contributed by atoms with Crippen LogP contribution in [-0.2, 0) is 0 Å². The summed E-state index contributed by atoms with van der Waals surface area (Å²) >= 11 is 0. The highest BCUT2D eigenvalue weighted by Crippen LogP contribution is 2.23. The second kappa shape index (κ2) is 7.44.